The van der Waals surface area contributed by atoms with Crippen LogP contribution >= 0.6 is 0 Å². The minimum absolute atomic E-state index is 0.0147. The van der Waals surface area contributed by atoms with Crippen LogP contribution in [-0.4, -0.2) is 45.0 Å². The molecular formula is C18H23N3O. The molecule has 2 aromatic carbocycles. The number of amides is 1. The molecule has 2 rings (SSSR count). The normalized spacial score (nSPS) is 11.0. The van der Waals surface area contributed by atoms with E-state index in [0.29, 0.717) is 6.54 Å². The van der Waals surface area contributed by atoms with E-state index in [-0.39, 0.29) is 5.91 Å². The third kappa shape index (κ3) is 4.09. The number of anilines is 1. The van der Waals surface area contributed by atoms with Gasteiger partial charge in [-0.2, -0.15) is 0 Å². The van der Waals surface area contributed by atoms with Gasteiger partial charge in [0, 0.05) is 38.9 Å². The molecule has 2 aromatic rings. The van der Waals surface area contributed by atoms with Crippen LogP contribution in [0.5, 0.6) is 0 Å². The molecule has 4 heteroatoms. The summed E-state index contributed by atoms with van der Waals surface area (Å²) in [4.78, 5) is 13.7. The number of nitrogens with zero attached hydrogens (tertiary/aromatic N) is 1. The molecule has 0 unspecified atom stereocenters. The maximum absolute atomic E-state index is 12.0. The number of carbonyl (C=O) groups excluding carboxylic acids is 1. The highest BCUT2D eigenvalue weighted by Crippen LogP contribution is 2.21. The SMILES string of the molecule is CNCCN(C)C(=O)/C=C/c1ccc2cc(NC)ccc2c1. The van der Waals surface area contributed by atoms with Crippen molar-refractivity contribution in [3.8, 4) is 0 Å². The van der Waals surface area contributed by atoms with Gasteiger partial charge in [-0.05, 0) is 47.7 Å². The van der Waals surface area contributed by atoms with Gasteiger partial charge in [0.25, 0.3) is 0 Å². The smallest absolute Gasteiger partial charge is 0.246 e. The van der Waals surface area contributed by atoms with E-state index in [9.17, 15) is 4.79 Å². The molecule has 0 atom stereocenters. The molecule has 0 aromatic heterocycles. The monoisotopic (exact) mass is 297 g/mol. The van der Waals surface area contributed by atoms with Crippen molar-refractivity contribution in [1.82, 2.24) is 10.2 Å². The summed E-state index contributed by atoms with van der Waals surface area (Å²) in [5.41, 5.74) is 2.12. The van der Waals surface area contributed by atoms with Crippen molar-refractivity contribution in [2.24, 2.45) is 0 Å². The average molecular weight is 297 g/mol. The van der Waals surface area contributed by atoms with Crippen LogP contribution in [0.15, 0.2) is 42.5 Å². The summed E-state index contributed by atoms with van der Waals surface area (Å²) in [6.07, 6.45) is 3.49. The molecule has 4 nitrogen and oxygen atoms in total. The predicted molar refractivity (Wildman–Crippen MR) is 94.1 cm³/mol. The van der Waals surface area contributed by atoms with Crippen molar-refractivity contribution in [3.63, 3.8) is 0 Å². The lowest BCUT2D eigenvalue weighted by Gasteiger charge is -2.14. The Balaban J connectivity index is 2.11. The molecule has 0 radical (unpaired) electrons. The van der Waals surface area contributed by atoms with Crippen LogP contribution in [0.3, 0.4) is 0 Å². The molecule has 0 aliphatic heterocycles. The van der Waals surface area contributed by atoms with E-state index in [0.717, 1.165) is 23.2 Å². The van der Waals surface area contributed by atoms with Gasteiger partial charge in [0.05, 0.1) is 0 Å². The first kappa shape index (κ1) is 16.0. The topological polar surface area (TPSA) is 44.4 Å². The largest absolute Gasteiger partial charge is 0.388 e. The van der Waals surface area contributed by atoms with Crippen molar-refractivity contribution in [3.05, 3.63) is 48.0 Å². The summed E-state index contributed by atoms with van der Waals surface area (Å²) in [7, 11) is 5.60. The third-order valence-corrected chi connectivity index (χ3v) is 3.64. The second-order valence-corrected chi connectivity index (χ2v) is 5.27. The Hall–Kier alpha value is -2.33. The van der Waals surface area contributed by atoms with Crippen LogP contribution in [0.2, 0.25) is 0 Å². The Bertz CT molecular complexity index is 679. The van der Waals surface area contributed by atoms with Crippen LogP contribution in [0.4, 0.5) is 5.69 Å². The molecule has 0 aliphatic rings. The fourth-order valence-electron chi connectivity index (χ4n) is 2.21. The van der Waals surface area contributed by atoms with Gasteiger partial charge in [-0.1, -0.05) is 18.2 Å². The number of fused-ring (bicyclic) bond motifs is 1. The number of nitrogens with one attached hydrogen (secondary N) is 2. The molecule has 0 heterocycles. The summed E-state index contributed by atoms with van der Waals surface area (Å²) >= 11 is 0. The third-order valence-electron chi connectivity index (χ3n) is 3.64. The molecule has 0 aliphatic carbocycles. The Labute approximate surface area is 131 Å². The summed E-state index contributed by atoms with van der Waals surface area (Å²) in [6.45, 7) is 1.49. The molecular weight excluding hydrogens is 274 g/mol. The molecule has 116 valence electrons. The van der Waals surface area contributed by atoms with Crippen LogP contribution in [0.25, 0.3) is 16.8 Å². The maximum atomic E-state index is 12.0. The number of likely N-dealkylation sites (N-methyl/N-ethyl adjacent to an activating group) is 2. The first-order chi connectivity index (χ1) is 10.6. The van der Waals surface area contributed by atoms with Crippen molar-refractivity contribution in [2.45, 2.75) is 0 Å². The lowest BCUT2D eigenvalue weighted by molar-refractivity contribution is -0.124. The second kappa shape index (κ2) is 7.61. The zero-order chi connectivity index (χ0) is 15.9. The number of hydrogen-bond acceptors (Lipinski definition) is 3. The highest BCUT2D eigenvalue weighted by Gasteiger charge is 2.03. The van der Waals surface area contributed by atoms with Crippen molar-refractivity contribution >= 4 is 28.4 Å². The van der Waals surface area contributed by atoms with E-state index >= 15 is 0 Å². The molecule has 1 amide bonds. The molecule has 22 heavy (non-hydrogen) atoms. The molecule has 0 saturated carbocycles. The van der Waals surface area contributed by atoms with E-state index in [4.69, 9.17) is 0 Å². The zero-order valence-corrected chi connectivity index (χ0v) is 13.4. The summed E-state index contributed by atoms with van der Waals surface area (Å²) in [5.74, 6) is 0.0147. The lowest BCUT2D eigenvalue weighted by Crippen LogP contribution is -2.31. The fourth-order valence-corrected chi connectivity index (χ4v) is 2.21. The van der Waals surface area contributed by atoms with Crippen molar-refractivity contribution in [1.29, 1.82) is 0 Å². The number of rotatable bonds is 6. The van der Waals surface area contributed by atoms with Gasteiger partial charge in [0.2, 0.25) is 5.91 Å². The van der Waals surface area contributed by atoms with E-state index in [1.165, 1.54) is 5.39 Å². The van der Waals surface area contributed by atoms with Crippen molar-refractivity contribution in [2.75, 3.05) is 39.5 Å². The van der Waals surface area contributed by atoms with Crippen LogP contribution in [-0.2, 0) is 4.79 Å². The minimum Gasteiger partial charge on any atom is -0.388 e. The summed E-state index contributed by atoms with van der Waals surface area (Å²) in [6, 6.07) is 12.4. The predicted octanol–water partition coefficient (Wildman–Crippen LogP) is 2.57. The van der Waals surface area contributed by atoms with Gasteiger partial charge < -0.3 is 15.5 Å². The Morgan fingerprint density at radius 1 is 1.14 bits per heavy atom. The first-order valence-electron chi connectivity index (χ1n) is 7.43. The number of hydrogen-bond donors (Lipinski definition) is 2. The number of carbonyl (C=O) groups is 1. The Morgan fingerprint density at radius 2 is 1.86 bits per heavy atom. The molecule has 0 saturated heterocycles. The average Bonchev–Trinajstić information content (AvgIpc) is 2.56. The van der Waals surface area contributed by atoms with Gasteiger partial charge in [0.15, 0.2) is 0 Å². The fraction of sp³-hybridized carbons (Fsp3) is 0.278. The molecule has 0 bridgehead atoms. The minimum atomic E-state index is 0.0147. The summed E-state index contributed by atoms with van der Waals surface area (Å²) in [5, 5.41) is 8.51. The van der Waals surface area contributed by atoms with Crippen LogP contribution in [0.1, 0.15) is 5.56 Å². The quantitative estimate of drug-likeness (QED) is 0.806. The van der Waals surface area contributed by atoms with Gasteiger partial charge in [-0.25, -0.2) is 0 Å². The van der Waals surface area contributed by atoms with Crippen molar-refractivity contribution < 1.29 is 4.79 Å². The van der Waals surface area contributed by atoms with Gasteiger partial charge in [-0.15, -0.1) is 0 Å². The standard InChI is InChI=1S/C18H23N3O/c1-19-10-11-21(3)18(22)9-5-14-4-6-16-13-17(20-2)8-7-15(16)12-14/h4-9,12-13,19-20H,10-11H2,1-3H3/b9-5+. The Kier molecular flexibility index (Phi) is 5.55. The first-order valence-corrected chi connectivity index (χ1v) is 7.43. The number of benzene rings is 2. The van der Waals surface area contributed by atoms with E-state index in [2.05, 4.69) is 34.9 Å². The highest BCUT2D eigenvalue weighted by molar-refractivity contribution is 5.93. The van der Waals surface area contributed by atoms with E-state index in [1.54, 1.807) is 11.0 Å². The maximum Gasteiger partial charge on any atom is 0.246 e. The molecule has 2 N–H and O–H groups in total. The van der Waals surface area contributed by atoms with Gasteiger partial charge in [0.1, 0.15) is 0 Å². The van der Waals surface area contributed by atoms with Crippen LogP contribution < -0.4 is 10.6 Å². The lowest BCUT2D eigenvalue weighted by atomic mass is 10.1. The van der Waals surface area contributed by atoms with Crippen LogP contribution in [0, 0.1) is 0 Å². The zero-order valence-electron chi connectivity index (χ0n) is 13.4. The molecule has 0 fully saturated rings. The van der Waals surface area contributed by atoms with Gasteiger partial charge >= 0.3 is 0 Å². The molecule has 0 spiro atoms. The highest BCUT2D eigenvalue weighted by atomic mass is 16.2. The Morgan fingerprint density at radius 3 is 2.59 bits per heavy atom. The van der Waals surface area contributed by atoms with Gasteiger partial charge in [-0.3, -0.25) is 4.79 Å². The van der Waals surface area contributed by atoms with E-state index < -0.39 is 0 Å². The second-order valence-electron chi connectivity index (χ2n) is 5.27. The summed E-state index contributed by atoms with van der Waals surface area (Å²) < 4.78 is 0. The van der Waals surface area contributed by atoms with E-state index in [1.807, 2.05) is 39.4 Å².